The van der Waals surface area contributed by atoms with E-state index in [1.165, 1.54) is 0 Å². The second kappa shape index (κ2) is 7.72. The highest BCUT2D eigenvalue weighted by molar-refractivity contribution is 5.76. The molecule has 1 aromatic heterocycles. The van der Waals surface area contributed by atoms with Crippen molar-refractivity contribution in [2.75, 3.05) is 19.6 Å². The second-order valence-electron chi connectivity index (χ2n) is 6.56. The Morgan fingerprint density at radius 3 is 2.64 bits per heavy atom. The minimum atomic E-state index is -0.104. The summed E-state index contributed by atoms with van der Waals surface area (Å²) in [5.41, 5.74) is 0. The third kappa shape index (κ3) is 4.29. The predicted octanol–water partition coefficient (Wildman–Crippen LogP) is 2.16. The molecule has 1 aliphatic rings. The van der Waals surface area contributed by atoms with Crippen molar-refractivity contribution in [2.45, 2.75) is 59.0 Å². The van der Waals surface area contributed by atoms with Crippen LogP contribution in [0.5, 0.6) is 0 Å². The van der Waals surface area contributed by atoms with Crippen LogP contribution in [0.2, 0.25) is 0 Å². The molecule has 1 atom stereocenters. The van der Waals surface area contributed by atoms with Crippen molar-refractivity contribution < 1.29 is 4.79 Å². The van der Waals surface area contributed by atoms with Crippen molar-refractivity contribution in [1.82, 2.24) is 25.0 Å². The van der Waals surface area contributed by atoms with E-state index in [0.717, 1.165) is 38.3 Å². The van der Waals surface area contributed by atoms with E-state index >= 15 is 0 Å². The minimum absolute atomic E-state index is 0.104. The summed E-state index contributed by atoms with van der Waals surface area (Å²) in [4.78, 5) is 14.7. The van der Waals surface area contributed by atoms with Gasteiger partial charge in [0.05, 0.1) is 6.04 Å². The molecule has 1 fully saturated rings. The van der Waals surface area contributed by atoms with Crippen molar-refractivity contribution in [3.8, 4) is 0 Å². The standard InChI is InChI=1S/C16H29N5O/c1-5-20-8-6-14(7-9-20)10-15(22)18-13(4)16-19-17-11-21(16)12(2)3/h11-14H,5-10H2,1-4H3,(H,18,22). The van der Waals surface area contributed by atoms with Gasteiger partial charge in [0.15, 0.2) is 5.82 Å². The zero-order chi connectivity index (χ0) is 16.1. The Balaban J connectivity index is 1.83. The zero-order valence-electron chi connectivity index (χ0n) is 14.2. The molecule has 2 rings (SSSR count). The van der Waals surface area contributed by atoms with Gasteiger partial charge in [-0.15, -0.1) is 10.2 Å². The van der Waals surface area contributed by atoms with Crippen LogP contribution in [-0.4, -0.2) is 45.2 Å². The van der Waals surface area contributed by atoms with Crippen LogP contribution in [0.15, 0.2) is 6.33 Å². The molecule has 1 unspecified atom stereocenters. The summed E-state index contributed by atoms with van der Waals surface area (Å²) >= 11 is 0. The molecular formula is C16H29N5O. The lowest BCUT2D eigenvalue weighted by molar-refractivity contribution is -0.123. The molecule has 0 bridgehead atoms. The van der Waals surface area contributed by atoms with Crippen LogP contribution < -0.4 is 5.32 Å². The maximum absolute atomic E-state index is 12.3. The van der Waals surface area contributed by atoms with Crippen LogP contribution in [-0.2, 0) is 4.79 Å². The maximum atomic E-state index is 12.3. The summed E-state index contributed by atoms with van der Waals surface area (Å²) in [5.74, 6) is 1.46. The fourth-order valence-electron chi connectivity index (χ4n) is 3.09. The Kier molecular flexibility index (Phi) is 5.94. The molecule has 1 aromatic rings. The molecule has 1 amide bonds. The molecule has 6 heteroatoms. The number of hydrogen-bond donors (Lipinski definition) is 1. The van der Waals surface area contributed by atoms with Gasteiger partial charge in [-0.25, -0.2) is 0 Å². The number of hydrogen-bond acceptors (Lipinski definition) is 4. The lowest BCUT2D eigenvalue weighted by Crippen LogP contribution is -2.36. The number of amides is 1. The molecule has 124 valence electrons. The smallest absolute Gasteiger partial charge is 0.220 e. The third-order valence-electron chi connectivity index (χ3n) is 4.55. The van der Waals surface area contributed by atoms with E-state index in [-0.39, 0.29) is 11.9 Å². The van der Waals surface area contributed by atoms with E-state index in [9.17, 15) is 4.79 Å². The van der Waals surface area contributed by atoms with Gasteiger partial charge in [0.2, 0.25) is 5.91 Å². The van der Waals surface area contributed by atoms with Gasteiger partial charge in [-0.05, 0) is 59.2 Å². The molecule has 0 saturated carbocycles. The van der Waals surface area contributed by atoms with Crippen LogP contribution in [0, 0.1) is 5.92 Å². The first kappa shape index (κ1) is 16.9. The second-order valence-corrected chi connectivity index (χ2v) is 6.56. The minimum Gasteiger partial charge on any atom is -0.346 e. The Morgan fingerprint density at radius 1 is 1.36 bits per heavy atom. The summed E-state index contributed by atoms with van der Waals surface area (Å²) < 4.78 is 2.00. The van der Waals surface area contributed by atoms with Gasteiger partial charge in [0.25, 0.3) is 0 Å². The van der Waals surface area contributed by atoms with Gasteiger partial charge in [-0.3, -0.25) is 4.79 Å². The Hall–Kier alpha value is -1.43. The maximum Gasteiger partial charge on any atom is 0.220 e. The monoisotopic (exact) mass is 307 g/mol. The number of aromatic nitrogens is 3. The van der Waals surface area contributed by atoms with Crippen LogP contribution in [0.3, 0.4) is 0 Å². The topological polar surface area (TPSA) is 63.1 Å². The molecule has 22 heavy (non-hydrogen) atoms. The first-order chi connectivity index (χ1) is 10.5. The van der Waals surface area contributed by atoms with Crippen molar-refractivity contribution in [1.29, 1.82) is 0 Å². The summed E-state index contributed by atoms with van der Waals surface area (Å²) in [6, 6.07) is 0.191. The van der Waals surface area contributed by atoms with Gasteiger partial charge in [-0.2, -0.15) is 0 Å². The Bertz CT molecular complexity index is 477. The van der Waals surface area contributed by atoms with Crippen LogP contribution in [0.25, 0.3) is 0 Å². The largest absolute Gasteiger partial charge is 0.346 e. The average Bonchev–Trinajstić information content (AvgIpc) is 2.97. The van der Waals surface area contributed by atoms with Gasteiger partial charge in [0, 0.05) is 12.5 Å². The van der Waals surface area contributed by atoms with Crippen molar-refractivity contribution in [3.63, 3.8) is 0 Å². The lowest BCUT2D eigenvalue weighted by Gasteiger charge is -2.30. The van der Waals surface area contributed by atoms with E-state index in [2.05, 4.69) is 41.2 Å². The molecule has 6 nitrogen and oxygen atoms in total. The van der Waals surface area contributed by atoms with Crippen LogP contribution >= 0.6 is 0 Å². The highest BCUT2D eigenvalue weighted by Crippen LogP contribution is 2.21. The predicted molar refractivity (Wildman–Crippen MR) is 86.4 cm³/mol. The zero-order valence-corrected chi connectivity index (χ0v) is 14.2. The third-order valence-corrected chi connectivity index (χ3v) is 4.55. The fraction of sp³-hybridized carbons (Fsp3) is 0.812. The average molecular weight is 307 g/mol. The van der Waals surface area contributed by atoms with Gasteiger partial charge in [-0.1, -0.05) is 6.92 Å². The number of piperidine rings is 1. The summed E-state index contributed by atoms with van der Waals surface area (Å²) in [6.45, 7) is 11.7. The Morgan fingerprint density at radius 2 is 2.05 bits per heavy atom. The molecule has 1 saturated heterocycles. The Labute approximate surface area is 133 Å². The molecule has 1 aliphatic heterocycles. The molecule has 0 radical (unpaired) electrons. The summed E-state index contributed by atoms with van der Waals surface area (Å²) in [5, 5.41) is 11.2. The quantitative estimate of drug-likeness (QED) is 0.875. The number of rotatable bonds is 6. The van der Waals surface area contributed by atoms with Crippen molar-refractivity contribution in [3.05, 3.63) is 12.2 Å². The molecule has 0 spiro atoms. The van der Waals surface area contributed by atoms with Crippen LogP contribution in [0.4, 0.5) is 0 Å². The normalized spacial score (nSPS) is 18.6. The number of carbonyl (C=O) groups excluding carboxylic acids is 1. The molecular weight excluding hydrogens is 278 g/mol. The molecule has 2 heterocycles. The number of likely N-dealkylation sites (tertiary alicyclic amines) is 1. The lowest BCUT2D eigenvalue weighted by atomic mass is 9.93. The highest BCUT2D eigenvalue weighted by atomic mass is 16.1. The highest BCUT2D eigenvalue weighted by Gasteiger charge is 2.22. The van der Waals surface area contributed by atoms with Gasteiger partial charge >= 0.3 is 0 Å². The van der Waals surface area contributed by atoms with E-state index in [4.69, 9.17) is 0 Å². The van der Waals surface area contributed by atoms with Crippen LogP contribution in [0.1, 0.15) is 64.9 Å². The molecule has 0 aliphatic carbocycles. The van der Waals surface area contributed by atoms with Gasteiger partial charge < -0.3 is 14.8 Å². The molecule has 0 aromatic carbocycles. The van der Waals surface area contributed by atoms with Gasteiger partial charge in [0.1, 0.15) is 6.33 Å². The number of nitrogens with one attached hydrogen (secondary N) is 1. The first-order valence-corrected chi connectivity index (χ1v) is 8.42. The SMILES string of the molecule is CCN1CCC(CC(=O)NC(C)c2nncn2C(C)C)CC1. The van der Waals surface area contributed by atoms with E-state index < -0.39 is 0 Å². The number of carbonyl (C=O) groups is 1. The molecule has 1 N–H and O–H groups in total. The van der Waals surface area contributed by atoms with Crippen molar-refractivity contribution in [2.24, 2.45) is 5.92 Å². The first-order valence-electron chi connectivity index (χ1n) is 8.42. The number of nitrogens with zero attached hydrogens (tertiary/aromatic N) is 4. The summed E-state index contributed by atoms with van der Waals surface area (Å²) in [6.07, 6.45) is 4.59. The summed E-state index contributed by atoms with van der Waals surface area (Å²) in [7, 11) is 0. The van der Waals surface area contributed by atoms with E-state index in [1.807, 2.05) is 11.5 Å². The van der Waals surface area contributed by atoms with E-state index in [0.29, 0.717) is 18.4 Å². The van der Waals surface area contributed by atoms with Crippen molar-refractivity contribution >= 4 is 5.91 Å². The van der Waals surface area contributed by atoms with E-state index in [1.54, 1.807) is 6.33 Å². The fourth-order valence-corrected chi connectivity index (χ4v) is 3.09.